The summed E-state index contributed by atoms with van der Waals surface area (Å²) in [5.74, 6) is 1.01. The summed E-state index contributed by atoms with van der Waals surface area (Å²) in [6.07, 6.45) is 3.94. The highest BCUT2D eigenvalue weighted by Crippen LogP contribution is 2.39. The number of piperazine rings is 1. The molecule has 27 heavy (non-hydrogen) atoms. The molecule has 0 aliphatic carbocycles. The minimum Gasteiger partial charge on any atom is -0.496 e. The first-order valence-electron chi connectivity index (χ1n) is 10.3. The van der Waals surface area contributed by atoms with Gasteiger partial charge in [-0.2, -0.15) is 0 Å². The molecule has 0 saturated carbocycles. The summed E-state index contributed by atoms with van der Waals surface area (Å²) >= 11 is 0. The molecule has 0 radical (unpaired) electrons. The van der Waals surface area contributed by atoms with E-state index in [0.717, 1.165) is 18.8 Å². The molecule has 2 aromatic rings. The number of hydrogen-bond acceptors (Lipinski definition) is 3. The van der Waals surface area contributed by atoms with E-state index >= 15 is 0 Å². The smallest absolute Gasteiger partial charge is 0.122 e. The molecule has 144 valence electrons. The van der Waals surface area contributed by atoms with E-state index in [1.807, 2.05) is 0 Å². The van der Waals surface area contributed by atoms with Gasteiger partial charge in [0.05, 0.1) is 7.11 Å². The molecule has 2 aliphatic rings. The fourth-order valence-corrected chi connectivity index (χ4v) is 5.03. The zero-order chi connectivity index (χ0) is 18.8. The second-order valence-electron chi connectivity index (χ2n) is 8.17. The summed E-state index contributed by atoms with van der Waals surface area (Å²) in [4.78, 5) is 5.43. The van der Waals surface area contributed by atoms with Crippen molar-refractivity contribution in [3.05, 3.63) is 64.7 Å². The molecule has 2 fully saturated rings. The summed E-state index contributed by atoms with van der Waals surface area (Å²) in [5, 5.41) is 0. The fraction of sp³-hybridized carbons (Fsp3) is 0.500. The van der Waals surface area contributed by atoms with Gasteiger partial charge in [0.2, 0.25) is 0 Å². The summed E-state index contributed by atoms with van der Waals surface area (Å²) in [6, 6.07) is 16.6. The predicted molar refractivity (Wildman–Crippen MR) is 111 cm³/mol. The molecular formula is C24H32N2O. The van der Waals surface area contributed by atoms with Gasteiger partial charge in [-0.1, -0.05) is 36.4 Å². The van der Waals surface area contributed by atoms with Crippen molar-refractivity contribution in [3.63, 3.8) is 0 Å². The Morgan fingerprint density at radius 2 is 1.78 bits per heavy atom. The number of hydrogen-bond donors (Lipinski definition) is 0. The summed E-state index contributed by atoms with van der Waals surface area (Å²) in [5.41, 5.74) is 5.64. The van der Waals surface area contributed by atoms with Crippen LogP contribution in [0.5, 0.6) is 5.75 Å². The van der Waals surface area contributed by atoms with E-state index in [0.29, 0.717) is 12.1 Å². The van der Waals surface area contributed by atoms with E-state index in [1.165, 1.54) is 54.6 Å². The summed E-state index contributed by atoms with van der Waals surface area (Å²) in [6.45, 7) is 9.07. The van der Waals surface area contributed by atoms with Gasteiger partial charge in [0, 0.05) is 38.3 Å². The Labute approximate surface area is 163 Å². The van der Waals surface area contributed by atoms with Crippen LogP contribution in [0.3, 0.4) is 0 Å². The first kappa shape index (κ1) is 18.5. The number of methoxy groups -OCH3 is 1. The van der Waals surface area contributed by atoms with Gasteiger partial charge in [-0.15, -0.1) is 0 Å². The van der Waals surface area contributed by atoms with E-state index in [1.54, 1.807) is 7.11 Å². The Morgan fingerprint density at radius 1 is 0.963 bits per heavy atom. The topological polar surface area (TPSA) is 15.7 Å². The molecule has 0 amide bonds. The molecule has 2 heterocycles. The van der Waals surface area contributed by atoms with Crippen LogP contribution in [0.4, 0.5) is 0 Å². The van der Waals surface area contributed by atoms with Crippen LogP contribution in [0.1, 0.15) is 47.6 Å². The van der Waals surface area contributed by atoms with Crippen LogP contribution in [-0.2, 0) is 6.54 Å². The number of ether oxygens (including phenoxy) is 1. The Morgan fingerprint density at radius 3 is 2.56 bits per heavy atom. The normalized spacial score (nSPS) is 23.8. The van der Waals surface area contributed by atoms with Crippen molar-refractivity contribution in [2.75, 3.05) is 26.7 Å². The Hall–Kier alpha value is -1.84. The maximum Gasteiger partial charge on any atom is 0.122 e. The second-order valence-corrected chi connectivity index (χ2v) is 8.17. The summed E-state index contributed by atoms with van der Waals surface area (Å²) in [7, 11) is 1.77. The number of rotatable bonds is 4. The maximum atomic E-state index is 5.53. The number of benzene rings is 2. The van der Waals surface area contributed by atoms with Crippen LogP contribution >= 0.6 is 0 Å². The third-order valence-electron chi connectivity index (χ3n) is 6.63. The van der Waals surface area contributed by atoms with Gasteiger partial charge in [0.25, 0.3) is 0 Å². The zero-order valence-corrected chi connectivity index (χ0v) is 16.9. The second kappa shape index (κ2) is 8.04. The van der Waals surface area contributed by atoms with E-state index in [4.69, 9.17) is 4.74 Å². The minimum absolute atomic E-state index is 0.562. The maximum absolute atomic E-state index is 5.53. The van der Waals surface area contributed by atoms with E-state index in [-0.39, 0.29) is 0 Å². The molecule has 2 aromatic carbocycles. The molecule has 2 saturated heterocycles. The van der Waals surface area contributed by atoms with Crippen molar-refractivity contribution in [2.45, 2.75) is 51.7 Å². The molecule has 0 N–H and O–H groups in total. The third kappa shape index (κ3) is 3.76. The SMILES string of the molecule is COc1ccc([C@H]2CCC[C@H]3CN(Cc4ccccc4)CCN32)c(C)c1C. The lowest BCUT2D eigenvalue weighted by Gasteiger charge is -2.49. The highest BCUT2D eigenvalue weighted by atomic mass is 16.5. The zero-order valence-electron chi connectivity index (χ0n) is 16.9. The molecule has 4 rings (SSSR count). The van der Waals surface area contributed by atoms with E-state index in [2.05, 4.69) is 66.1 Å². The number of nitrogens with zero attached hydrogens (tertiary/aromatic N) is 2. The first-order valence-corrected chi connectivity index (χ1v) is 10.3. The largest absolute Gasteiger partial charge is 0.496 e. The average Bonchev–Trinajstić information content (AvgIpc) is 2.70. The third-order valence-corrected chi connectivity index (χ3v) is 6.63. The van der Waals surface area contributed by atoms with Gasteiger partial charge in [-0.25, -0.2) is 0 Å². The highest BCUT2D eigenvalue weighted by molar-refractivity contribution is 5.45. The van der Waals surface area contributed by atoms with Crippen molar-refractivity contribution < 1.29 is 4.74 Å². The van der Waals surface area contributed by atoms with Crippen molar-refractivity contribution in [1.29, 1.82) is 0 Å². The fourth-order valence-electron chi connectivity index (χ4n) is 5.03. The molecule has 3 nitrogen and oxygen atoms in total. The molecule has 0 bridgehead atoms. The lowest BCUT2D eigenvalue weighted by Crippen LogP contribution is -2.55. The minimum atomic E-state index is 0.562. The quantitative estimate of drug-likeness (QED) is 0.780. The molecular weight excluding hydrogens is 332 g/mol. The molecule has 2 atom stereocenters. The Balaban J connectivity index is 1.50. The van der Waals surface area contributed by atoms with Crippen LogP contribution in [0.2, 0.25) is 0 Å². The van der Waals surface area contributed by atoms with Crippen molar-refractivity contribution in [2.24, 2.45) is 0 Å². The van der Waals surface area contributed by atoms with Crippen LogP contribution in [0, 0.1) is 13.8 Å². The molecule has 0 aromatic heterocycles. The van der Waals surface area contributed by atoms with Crippen molar-refractivity contribution >= 4 is 0 Å². The van der Waals surface area contributed by atoms with Gasteiger partial charge in [-0.3, -0.25) is 9.80 Å². The molecule has 3 heteroatoms. The van der Waals surface area contributed by atoms with Gasteiger partial charge in [0.1, 0.15) is 5.75 Å². The van der Waals surface area contributed by atoms with Gasteiger partial charge < -0.3 is 4.74 Å². The van der Waals surface area contributed by atoms with Crippen LogP contribution < -0.4 is 4.74 Å². The first-order chi connectivity index (χ1) is 13.2. The molecule has 2 aliphatic heterocycles. The lowest BCUT2D eigenvalue weighted by atomic mass is 9.86. The molecule has 0 unspecified atom stereocenters. The van der Waals surface area contributed by atoms with E-state index in [9.17, 15) is 0 Å². The standard InChI is InChI=1S/C24H32N2O/c1-18-19(2)24(27-3)13-12-22(18)23-11-7-10-21-17-25(14-15-26(21)23)16-20-8-5-4-6-9-20/h4-6,8-9,12-13,21,23H,7,10-11,14-17H2,1-3H3/t21-,23+/m0/s1. The Kier molecular flexibility index (Phi) is 5.51. The van der Waals surface area contributed by atoms with Crippen molar-refractivity contribution in [3.8, 4) is 5.75 Å². The average molecular weight is 365 g/mol. The van der Waals surface area contributed by atoms with Gasteiger partial charge in [-0.05, 0) is 61.4 Å². The van der Waals surface area contributed by atoms with Crippen LogP contribution in [0.25, 0.3) is 0 Å². The summed E-state index contributed by atoms with van der Waals surface area (Å²) < 4.78 is 5.53. The van der Waals surface area contributed by atoms with Gasteiger partial charge >= 0.3 is 0 Å². The number of piperidine rings is 1. The van der Waals surface area contributed by atoms with Crippen LogP contribution in [0.15, 0.2) is 42.5 Å². The monoisotopic (exact) mass is 364 g/mol. The predicted octanol–water partition coefficient (Wildman–Crippen LogP) is 4.72. The lowest BCUT2D eigenvalue weighted by molar-refractivity contribution is 0.00617. The Bertz CT molecular complexity index is 773. The number of fused-ring (bicyclic) bond motifs is 1. The van der Waals surface area contributed by atoms with Crippen LogP contribution in [-0.4, -0.2) is 42.6 Å². The van der Waals surface area contributed by atoms with E-state index < -0.39 is 0 Å². The highest BCUT2D eigenvalue weighted by Gasteiger charge is 2.36. The molecule has 0 spiro atoms. The van der Waals surface area contributed by atoms with Gasteiger partial charge in [0.15, 0.2) is 0 Å². The van der Waals surface area contributed by atoms with Crippen molar-refractivity contribution in [1.82, 2.24) is 9.80 Å².